The maximum Gasteiger partial charge on any atom is 0.312 e. The highest BCUT2D eigenvalue weighted by Crippen LogP contribution is 2.60. The molecule has 0 saturated carbocycles. The number of aliphatic hydroxyl groups excluding tert-OH is 1. The van der Waals surface area contributed by atoms with Crippen molar-refractivity contribution in [2.24, 2.45) is 11.8 Å². The van der Waals surface area contributed by atoms with Crippen molar-refractivity contribution in [3.05, 3.63) is 25.3 Å². The average Bonchev–Trinajstić information content (AvgIpc) is 3.60. The summed E-state index contributed by atoms with van der Waals surface area (Å²) < 4.78 is 17.7. The summed E-state index contributed by atoms with van der Waals surface area (Å²) in [6.07, 6.45) is 3.18. The Balaban J connectivity index is 1.56. The van der Waals surface area contributed by atoms with Crippen LogP contribution < -0.4 is 5.32 Å². The summed E-state index contributed by atoms with van der Waals surface area (Å²) in [5, 5.41) is 12.9. The van der Waals surface area contributed by atoms with E-state index in [2.05, 4.69) is 39.3 Å². The molecule has 0 aliphatic carbocycles. The van der Waals surface area contributed by atoms with Gasteiger partial charge in [-0.15, -0.1) is 13.2 Å². The lowest BCUT2D eigenvalue weighted by Gasteiger charge is -2.39. The van der Waals surface area contributed by atoms with Crippen LogP contribution in [0.15, 0.2) is 25.3 Å². The number of fused-ring (bicyclic) bond motifs is 1. The van der Waals surface area contributed by atoms with E-state index in [1.54, 1.807) is 30.9 Å². The first-order valence-electron chi connectivity index (χ1n) is 15.1. The summed E-state index contributed by atoms with van der Waals surface area (Å²) >= 11 is 3.66. The fourth-order valence-electron chi connectivity index (χ4n) is 6.78. The molecule has 13 heteroatoms. The van der Waals surface area contributed by atoms with E-state index in [4.69, 9.17) is 14.2 Å². The number of likely N-dealkylation sites (tertiary alicyclic amines) is 1. The van der Waals surface area contributed by atoms with Crippen LogP contribution in [0.4, 0.5) is 0 Å². The van der Waals surface area contributed by atoms with E-state index in [1.165, 1.54) is 4.90 Å². The normalized spacial score (nSPS) is 31.3. The fraction of sp³-hybridized carbons (Fsp3) is 0.733. The number of hydrogen-bond donors (Lipinski definition) is 2. The number of amides is 3. The second-order valence-electron chi connectivity index (χ2n) is 11.8. The van der Waals surface area contributed by atoms with Crippen molar-refractivity contribution in [2.45, 2.75) is 67.8 Å². The van der Waals surface area contributed by atoms with Crippen molar-refractivity contribution in [1.82, 2.24) is 20.0 Å². The van der Waals surface area contributed by atoms with Crippen molar-refractivity contribution in [1.29, 1.82) is 0 Å². The molecule has 43 heavy (non-hydrogen) atoms. The van der Waals surface area contributed by atoms with Gasteiger partial charge in [0.25, 0.3) is 0 Å². The Hall–Kier alpha value is -2.32. The lowest BCUT2D eigenvalue weighted by molar-refractivity contribution is -0.160. The quantitative estimate of drug-likeness (QED) is 0.145. The SMILES string of the molecule is C=CCCC(=O)NC[C@@H](C)OC(=O)[C@H]1[C@@H]2O[C@@]3(CC2Br)[C@@H]1C(=O)N([C@H](C)CO)[C@@H]3C(=O)N(CC=C)CCN1CCOCC1. The van der Waals surface area contributed by atoms with Crippen LogP contribution in [0.1, 0.15) is 33.1 Å². The number of alkyl halides is 1. The number of allylic oxidation sites excluding steroid dienone is 1. The van der Waals surface area contributed by atoms with Crippen LogP contribution in [0.2, 0.25) is 0 Å². The smallest absolute Gasteiger partial charge is 0.312 e. The van der Waals surface area contributed by atoms with E-state index >= 15 is 0 Å². The number of morpholine rings is 1. The second-order valence-corrected chi connectivity index (χ2v) is 13.0. The molecule has 1 unspecified atom stereocenters. The summed E-state index contributed by atoms with van der Waals surface area (Å²) in [4.78, 5) is 59.2. The highest BCUT2D eigenvalue weighted by Gasteiger charge is 2.77. The number of esters is 1. The van der Waals surface area contributed by atoms with Gasteiger partial charge in [-0.05, 0) is 26.7 Å². The maximum absolute atomic E-state index is 14.4. The number of nitrogens with one attached hydrogen (secondary N) is 1. The number of carbonyl (C=O) groups is 4. The van der Waals surface area contributed by atoms with Gasteiger partial charge < -0.3 is 34.4 Å². The molecule has 4 aliphatic rings. The van der Waals surface area contributed by atoms with Crippen LogP contribution in [0.25, 0.3) is 0 Å². The van der Waals surface area contributed by atoms with E-state index in [9.17, 15) is 24.3 Å². The van der Waals surface area contributed by atoms with Gasteiger partial charge in [-0.25, -0.2) is 0 Å². The topological polar surface area (TPSA) is 138 Å². The molecule has 3 amide bonds. The molecule has 0 radical (unpaired) electrons. The number of carbonyl (C=O) groups excluding carboxylic acids is 4. The minimum Gasteiger partial charge on any atom is -0.460 e. The third-order valence-corrected chi connectivity index (χ3v) is 9.75. The molecular weight excluding hydrogens is 624 g/mol. The monoisotopic (exact) mass is 668 g/mol. The zero-order chi connectivity index (χ0) is 31.3. The van der Waals surface area contributed by atoms with Gasteiger partial charge in [0.15, 0.2) is 0 Å². The van der Waals surface area contributed by atoms with Gasteiger partial charge in [0, 0.05) is 44.0 Å². The largest absolute Gasteiger partial charge is 0.460 e. The van der Waals surface area contributed by atoms with E-state index in [1.807, 2.05) is 0 Å². The van der Waals surface area contributed by atoms with Crippen LogP contribution >= 0.6 is 15.9 Å². The van der Waals surface area contributed by atoms with E-state index in [-0.39, 0.29) is 42.8 Å². The fourth-order valence-corrected chi connectivity index (χ4v) is 7.73. The first kappa shape index (κ1) is 33.6. The summed E-state index contributed by atoms with van der Waals surface area (Å²) in [6, 6.07) is -1.70. The third-order valence-electron chi connectivity index (χ3n) is 8.90. The zero-order valence-electron chi connectivity index (χ0n) is 25.1. The van der Waals surface area contributed by atoms with Crippen LogP contribution in [0.5, 0.6) is 0 Å². The van der Waals surface area contributed by atoms with Crippen molar-refractivity contribution < 1.29 is 38.5 Å². The van der Waals surface area contributed by atoms with Crippen LogP contribution in [0.3, 0.4) is 0 Å². The number of nitrogens with zero attached hydrogens (tertiary/aromatic N) is 3. The Morgan fingerprint density at radius 3 is 2.63 bits per heavy atom. The molecule has 2 bridgehead atoms. The van der Waals surface area contributed by atoms with E-state index < -0.39 is 53.6 Å². The van der Waals surface area contributed by atoms with Gasteiger partial charge in [-0.2, -0.15) is 0 Å². The highest BCUT2D eigenvalue weighted by atomic mass is 79.9. The molecule has 4 saturated heterocycles. The summed E-state index contributed by atoms with van der Waals surface area (Å²) in [7, 11) is 0. The summed E-state index contributed by atoms with van der Waals surface area (Å²) in [5.41, 5.74) is -1.26. The predicted octanol–water partition coefficient (Wildman–Crippen LogP) is 0.476. The maximum atomic E-state index is 14.4. The second kappa shape index (κ2) is 14.6. The minimum atomic E-state index is -1.26. The lowest BCUT2D eigenvalue weighted by Crippen LogP contribution is -2.59. The molecule has 0 aromatic carbocycles. The molecular formula is C30H45BrN4O8. The predicted molar refractivity (Wildman–Crippen MR) is 161 cm³/mol. The van der Waals surface area contributed by atoms with Gasteiger partial charge in [-0.1, -0.05) is 28.1 Å². The van der Waals surface area contributed by atoms with Crippen LogP contribution in [-0.2, 0) is 33.4 Å². The highest BCUT2D eigenvalue weighted by molar-refractivity contribution is 9.09. The molecule has 4 aliphatic heterocycles. The molecule has 0 aromatic heterocycles. The number of hydrogen-bond acceptors (Lipinski definition) is 9. The summed E-state index contributed by atoms with van der Waals surface area (Å²) in [6.45, 7) is 14.7. The number of aliphatic hydroxyl groups is 1. The Morgan fingerprint density at radius 2 is 1.98 bits per heavy atom. The Bertz CT molecular complexity index is 1070. The molecule has 0 aromatic rings. The van der Waals surface area contributed by atoms with Gasteiger partial charge in [0.05, 0.1) is 50.3 Å². The van der Waals surface area contributed by atoms with Crippen molar-refractivity contribution in [3.63, 3.8) is 0 Å². The van der Waals surface area contributed by atoms with Gasteiger partial charge in [0.2, 0.25) is 17.7 Å². The van der Waals surface area contributed by atoms with Crippen molar-refractivity contribution >= 4 is 39.6 Å². The molecule has 4 rings (SSSR count). The molecule has 1 spiro atoms. The van der Waals surface area contributed by atoms with Gasteiger partial charge in [0.1, 0.15) is 17.7 Å². The molecule has 8 atom stereocenters. The van der Waals surface area contributed by atoms with E-state index in [0.29, 0.717) is 39.1 Å². The van der Waals surface area contributed by atoms with Gasteiger partial charge >= 0.3 is 5.97 Å². The van der Waals surface area contributed by atoms with Crippen LogP contribution in [-0.4, -0.2) is 137 Å². The zero-order valence-corrected chi connectivity index (χ0v) is 26.7. The molecule has 240 valence electrons. The van der Waals surface area contributed by atoms with Gasteiger partial charge in [-0.3, -0.25) is 24.1 Å². The molecule has 4 fully saturated rings. The standard InChI is InChI=1S/C30H45BrN4O8/c1-5-7-8-22(37)32-17-20(4)42-29(40)23-24-27(38)35(19(3)18-36)26(30(24)16-21(31)25(23)43-30)28(39)34(9-6-2)11-10-33-12-14-41-15-13-33/h5-6,19-21,23-26,36H,1-2,7-18H2,3-4H3,(H,32,37)/t19-,20-,21?,23-,24+,25-,26-,30+/m1/s1. The Morgan fingerprint density at radius 1 is 1.26 bits per heavy atom. The molecule has 12 nitrogen and oxygen atoms in total. The first-order chi connectivity index (χ1) is 20.6. The molecule has 2 N–H and O–H groups in total. The average molecular weight is 670 g/mol. The summed E-state index contributed by atoms with van der Waals surface area (Å²) in [5.74, 6) is -3.38. The molecule has 4 heterocycles. The lowest BCUT2D eigenvalue weighted by atomic mass is 9.70. The number of rotatable bonds is 15. The van der Waals surface area contributed by atoms with Crippen molar-refractivity contribution in [3.8, 4) is 0 Å². The Kier molecular flexibility index (Phi) is 11.4. The van der Waals surface area contributed by atoms with Crippen molar-refractivity contribution in [2.75, 3.05) is 59.1 Å². The number of halogens is 1. The Labute approximate surface area is 261 Å². The first-order valence-corrected chi connectivity index (χ1v) is 16.0. The van der Waals surface area contributed by atoms with E-state index in [0.717, 1.165) is 13.1 Å². The minimum absolute atomic E-state index is 0.121. The van der Waals surface area contributed by atoms with Crippen LogP contribution in [0, 0.1) is 11.8 Å². The third kappa shape index (κ3) is 6.85. The number of ether oxygens (including phenoxy) is 3.